The Hall–Kier alpha value is -1.76. The predicted molar refractivity (Wildman–Crippen MR) is 106 cm³/mol. The number of sulfonamides is 1. The maximum Gasteiger partial charge on any atom is 0.248 e. The monoisotopic (exact) mass is 412 g/mol. The van der Waals surface area contributed by atoms with Gasteiger partial charge in [-0.2, -0.15) is 0 Å². The van der Waals surface area contributed by atoms with Gasteiger partial charge in [0.15, 0.2) is 0 Å². The minimum Gasteiger partial charge on any atom is -0.307 e. The van der Waals surface area contributed by atoms with Crippen LogP contribution in [0.1, 0.15) is 12.5 Å². The van der Waals surface area contributed by atoms with Crippen molar-refractivity contribution in [3.05, 3.63) is 58.1 Å². The van der Waals surface area contributed by atoms with Crippen LogP contribution in [-0.2, 0) is 21.2 Å². The Morgan fingerprint density at radius 1 is 1.19 bits per heavy atom. The van der Waals surface area contributed by atoms with E-state index in [0.29, 0.717) is 10.7 Å². The summed E-state index contributed by atoms with van der Waals surface area (Å²) in [4.78, 5) is 14.6. The van der Waals surface area contributed by atoms with Crippen LogP contribution in [0, 0.1) is 0 Å². The van der Waals surface area contributed by atoms with E-state index in [4.69, 9.17) is 23.2 Å². The van der Waals surface area contributed by atoms with Crippen LogP contribution in [0.5, 0.6) is 0 Å². The van der Waals surface area contributed by atoms with Crippen molar-refractivity contribution in [2.24, 2.45) is 0 Å². The Morgan fingerprint density at radius 3 is 2.54 bits per heavy atom. The molecule has 0 spiro atoms. The molecule has 0 radical (unpaired) electrons. The molecule has 0 saturated carbocycles. The summed E-state index contributed by atoms with van der Waals surface area (Å²) in [6.07, 6.45) is 1.80. The van der Waals surface area contributed by atoms with Gasteiger partial charge in [-0.05, 0) is 43.2 Å². The second kappa shape index (κ2) is 7.10. The zero-order chi connectivity index (χ0) is 19.1. The fourth-order valence-corrected chi connectivity index (χ4v) is 4.32. The molecule has 138 valence electrons. The third-order valence-corrected chi connectivity index (χ3v) is 6.23. The van der Waals surface area contributed by atoms with Crippen molar-refractivity contribution in [3.8, 4) is 0 Å². The van der Waals surface area contributed by atoms with Crippen molar-refractivity contribution >= 4 is 50.5 Å². The van der Waals surface area contributed by atoms with E-state index in [0.717, 1.165) is 28.2 Å². The van der Waals surface area contributed by atoms with Gasteiger partial charge in [0.25, 0.3) is 0 Å². The minimum absolute atomic E-state index is 0.0323. The van der Waals surface area contributed by atoms with Crippen LogP contribution in [0.15, 0.2) is 42.5 Å². The number of para-hydroxylation sites is 1. The molecule has 1 unspecified atom stereocenters. The molecule has 5 nitrogen and oxygen atoms in total. The molecule has 1 amide bonds. The first-order chi connectivity index (χ1) is 12.2. The molecule has 3 rings (SSSR count). The number of halogens is 2. The maximum atomic E-state index is 13.0. The third kappa shape index (κ3) is 3.68. The van der Waals surface area contributed by atoms with Crippen molar-refractivity contribution in [2.75, 3.05) is 22.0 Å². The molecule has 0 saturated heterocycles. The quantitative estimate of drug-likeness (QED) is 0.768. The van der Waals surface area contributed by atoms with Gasteiger partial charge in [0.05, 0.1) is 22.0 Å². The Morgan fingerprint density at radius 2 is 1.88 bits per heavy atom. The Balaban J connectivity index is 1.93. The average Bonchev–Trinajstić information content (AvgIpc) is 2.90. The lowest BCUT2D eigenvalue weighted by Crippen LogP contribution is -2.45. The van der Waals surface area contributed by atoms with Crippen molar-refractivity contribution in [3.63, 3.8) is 0 Å². The topological polar surface area (TPSA) is 57.7 Å². The summed E-state index contributed by atoms with van der Waals surface area (Å²) < 4.78 is 25.6. The summed E-state index contributed by atoms with van der Waals surface area (Å²) in [6, 6.07) is 12.1. The third-order valence-electron chi connectivity index (χ3n) is 4.35. The van der Waals surface area contributed by atoms with E-state index in [2.05, 4.69) is 0 Å². The normalized spacial score (nSPS) is 16.5. The van der Waals surface area contributed by atoms with E-state index in [-0.39, 0.29) is 23.5 Å². The number of carbonyl (C=O) groups excluding carboxylic acids is 1. The van der Waals surface area contributed by atoms with Gasteiger partial charge in [-0.3, -0.25) is 9.10 Å². The molecule has 1 aliphatic heterocycles. The van der Waals surface area contributed by atoms with E-state index in [1.807, 2.05) is 31.2 Å². The van der Waals surface area contributed by atoms with Gasteiger partial charge in [-0.15, -0.1) is 0 Å². The van der Waals surface area contributed by atoms with Crippen LogP contribution < -0.4 is 9.21 Å². The molecule has 8 heteroatoms. The number of carbonyl (C=O) groups is 1. The van der Waals surface area contributed by atoms with Gasteiger partial charge >= 0.3 is 0 Å². The lowest BCUT2D eigenvalue weighted by molar-refractivity contribution is -0.117. The molecule has 26 heavy (non-hydrogen) atoms. The molecule has 2 aromatic carbocycles. The standard InChI is InChI=1S/C18H18Cl2N2O3S/c1-12-9-13-5-3-4-6-17(13)22(12)18(23)11-21(26(2,24)25)14-7-8-15(19)16(20)10-14/h3-8,10,12H,9,11H2,1-2H3. The van der Waals surface area contributed by atoms with Crippen LogP contribution in [0.25, 0.3) is 0 Å². The number of anilines is 2. The van der Waals surface area contributed by atoms with Gasteiger partial charge in [0.1, 0.15) is 6.54 Å². The Labute approximate surface area is 163 Å². The average molecular weight is 413 g/mol. The van der Waals surface area contributed by atoms with Gasteiger partial charge in [0.2, 0.25) is 15.9 Å². The first kappa shape index (κ1) is 19.0. The lowest BCUT2D eigenvalue weighted by atomic mass is 10.1. The maximum absolute atomic E-state index is 13.0. The largest absolute Gasteiger partial charge is 0.307 e. The fraction of sp³-hybridized carbons (Fsp3) is 0.278. The van der Waals surface area contributed by atoms with E-state index in [1.165, 1.54) is 18.2 Å². The highest BCUT2D eigenvalue weighted by molar-refractivity contribution is 7.92. The number of hydrogen-bond acceptors (Lipinski definition) is 3. The number of rotatable bonds is 4. The second-order valence-corrected chi connectivity index (χ2v) is 9.03. The molecular weight excluding hydrogens is 395 g/mol. The molecule has 0 N–H and O–H groups in total. The van der Waals surface area contributed by atoms with Gasteiger partial charge in [-0.1, -0.05) is 41.4 Å². The fourth-order valence-electron chi connectivity index (χ4n) is 3.18. The van der Waals surface area contributed by atoms with E-state index in [1.54, 1.807) is 4.90 Å². The molecule has 1 aliphatic rings. The van der Waals surface area contributed by atoms with E-state index in [9.17, 15) is 13.2 Å². The van der Waals surface area contributed by atoms with Crippen molar-refractivity contribution in [1.29, 1.82) is 0 Å². The van der Waals surface area contributed by atoms with Gasteiger partial charge in [0, 0.05) is 11.7 Å². The first-order valence-electron chi connectivity index (χ1n) is 8.01. The van der Waals surface area contributed by atoms with E-state index < -0.39 is 10.0 Å². The predicted octanol–water partition coefficient (Wildman–Crippen LogP) is 3.74. The summed E-state index contributed by atoms with van der Waals surface area (Å²) in [5.41, 5.74) is 2.21. The van der Waals surface area contributed by atoms with Crippen LogP contribution in [0.2, 0.25) is 10.0 Å². The molecule has 1 heterocycles. The highest BCUT2D eigenvalue weighted by Gasteiger charge is 2.33. The summed E-state index contributed by atoms with van der Waals surface area (Å²) in [5.74, 6) is -0.293. The molecule has 2 aromatic rings. The summed E-state index contributed by atoms with van der Waals surface area (Å²) in [5, 5.41) is 0.544. The van der Waals surface area contributed by atoms with Crippen LogP contribution in [0.4, 0.5) is 11.4 Å². The van der Waals surface area contributed by atoms with Gasteiger partial charge in [-0.25, -0.2) is 8.42 Å². The molecule has 0 aromatic heterocycles. The number of amides is 1. The zero-order valence-electron chi connectivity index (χ0n) is 14.3. The Bertz CT molecular complexity index is 963. The molecule has 0 aliphatic carbocycles. The first-order valence-corrected chi connectivity index (χ1v) is 10.6. The SMILES string of the molecule is CC1Cc2ccccc2N1C(=O)CN(c1ccc(Cl)c(Cl)c1)S(C)(=O)=O. The van der Waals surface area contributed by atoms with Crippen molar-refractivity contribution in [2.45, 2.75) is 19.4 Å². The van der Waals surface area contributed by atoms with Gasteiger partial charge < -0.3 is 4.90 Å². The van der Waals surface area contributed by atoms with Crippen LogP contribution in [-0.4, -0.2) is 33.2 Å². The van der Waals surface area contributed by atoms with Crippen molar-refractivity contribution in [1.82, 2.24) is 0 Å². The summed E-state index contributed by atoms with van der Waals surface area (Å²) in [7, 11) is -3.68. The number of hydrogen-bond donors (Lipinski definition) is 0. The highest BCUT2D eigenvalue weighted by Crippen LogP contribution is 2.33. The summed E-state index contributed by atoms with van der Waals surface area (Å²) in [6.45, 7) is 1.64. The highest BCUT2D eigenvalue weighted by atomic mass is 35.5. The molecule has 1 atom stereocenters. The minimum atomic E-state index is -3.68. The lowest BCUT2D eigenvalue weighted by Gasteiger charge is -2.28. The molecular formula is C18H18Cl2N2O3S. The molecule has 0 fully saturated rings. The van der Waals surface area contributed by atoms with Crippen LogP contribution >= 0.6 is 23.2 Å². The second-order valence-electron chi connectivity index (χ2n) is 6.31. The smallest absolute Gasteiger partial charge is 0.248 e. The van der Waals surface area contributed by atoms with E-state index >= 15 is 0 Å². The Kier molecular flexibility index (Phi) is 5.19. The number of benzene rings is 2. The molecule has 0 bridgehead atoms. The van der Waals surface area contributed by atoms with Crippen LogP contribution in [0.3, 0.4) is 0 Å². The van der Waals surface area contributed by atoms with Crippen molar-refractivity contribution < 1.29 is 13.2 Å². The number of nitrogens with zero attached hydrogens (tertiary/aromatic N) is 2. The zero-order valence-corrected chi connectivity index (χ0v) is 16.6. The number of fused-ring (bicyclic) bond motifs is 1. The summed E-state index contributed by atoms with van der Waals surface area (Å²) >= 11 is 11.9.